The first-order chi connectivity index (χ1) is 9.49. The van der Waals surface area contributed by atoms with Crippen LogP contribution in [-0.4, -0.2) is 42.4 Å². The maximum atomic E-state index is 5.66. The molecular formula is C16H22N2O2. The van der Waals surface area contributed by atoms with Gasteiger partial charge in [0.25, 0.3) is 0 Å². The molecule has 0 saturated carbocycles. The molecule has 0 spiro atoms. The smallest absolute Gasteiger partial charge is 0.166 e. The van der Waals surface area contributed by atoms with Crippen LogP contribution in [0.15, 0.2) is 24.3 Å². The molecular weight excluding hydrogens is 252 g/mol. The third-order valence-corrected chi connectivity index (χ3v) is 3.39. The Morgan fingerprint density at radius 3 is 2.05 bits per heavy atom. The van der Waals surface area contributed by atoms with Crippen LogP contribution < -0.4 is 19.3 Å². The van der Waals surface area contributed by atoms with Crippen molar-refractivity contribution in [2.24, 2.45) is 0 Å². The lowest BCUT2D eigenvalue weighted by molar-refractivity contribution is 0.414. The Bertz CT molecular complexity index is 621. The highest BCUT2D eigenvalue weighted by Crippen LogP contribution is 2.43. The molecule has 0 amide bonds. The lowest BCUT2D eigenvalue weighted by Gasteiger charge is -2.25. The van der Waals surface area contributed by atoms with Gasteiger partial charge in [-0.3, -0.25) is 0 Å². The maximum absolute atomic E-state index is 5.66. The minimum atomic E-state index is 0.847. The van der Waals surface area contributed by atoms with Crippen molar-refractivity contribution in [1.29, 1.82) is 0 Å². The number of methoxy groups -OCH3 is 2. The second-order valence-corrected chi connectivity index (χ2v) is 5.15. The Hall–Kier alpha value is -2.10. The van der Waals surface area contributed by atoms with Crippen LogP contribution >= 0.6 is 0 Å². The summed E-state index contributed by atoms with van der Waals surface area (Å²) in [5.41, 5.74) is 2.13. The summed E-state index contributed by atoms with van der Waals surface area (Å²) in [7, 11) is 11.5. The number of benzene rings is 2. The molecule has 0 fully saturated rings. The molecule has 4 nitrogen and oxygen atoms in total. The van der Waals surface area contributed by atoms with Gasteiger partial charge in [-0.25, -0.2) is 0 Å². The third-order valence-electron chi connectivity index (χ3n) is 3.39. The van der Waals surface area contributed by atoms with Crippen molar-refractivity contribution in [1.82, 2.24) is 0 Å². The van der Waals surface area contributed by atoms with Crippen molar-refractivity contribution in [3.8, 4) is 11.5 Å². The van der Waals surface area contributed by atoms with E-state index in [1.807, 2.05) is 40.3 Å². The largest absolute Gasteiger partial charge is 0.497 e. The summed E-state index contributed by atoms with van der Waals surface area (Å²) >= 11 is 0. The number of nitrogens with zero attached hydrogens (tertiary/aromatic N) is 2. The number of ether oxygens (including phenoxy) is 2. The van der Waals surface area contributed by atoms with Crippen molar-refractivity contribution >= 4 is 22.1 Å². The van der Waals surface area contributed by atoms with Crippen molar-refractivity contribution in [2.45, 2.75) is 0 Å². The molecule has 0 aliphatic heterocycles. The summed E-state index contributed by atoms with van der Waals surface area (Å²) in [4.78, 5) is 4.14. The molecule has 2 aromatic carbocycles. The Kier molecular flexibility index (Phi) is 3.93. The summed E-state index contributed by atoms with van der Waals surface area (Å²) in [6.07, 6.45) is 0. The first kappa shape index (κ1) is 14.3. The van der Waals surface area contributed by atoms with Gasteiger partial charge in [0.15, 0.2) is 5.75 Å². The average molecular weight is 274 g/mol. The molecule has 0 heterocycles. The van der Waals surface area contributed by atoms with Crippen molar-refractivity contribution in [3.63, 3.8) is 0 Å². The fourth-order valence-corrected chi connectivity index (χ4v) is 2.43. The topological polar surface area (TPSA) is 24.9 Å². The van der Waals surface area contributed by atoms with Crippen LogP contribution in [0.4, 0.5) is 11.4 Å². The standard InChI is InChI=1S/C16H22N2O2/c1-17(2)14-9-11-7-8-12(19-5)10-13(11)15(18(3)4)16(14)20-6/h7-10H,1-6H3. The molecule has 0 radical (unpaired) electrons. The molecule has 0 N–H and O–H groups in total. The summed E-state index contributed by atoms with van der Waals surface area (Å²) in [6, 6.07) is 8.24. The van der Waals surface area contributed by atoms with E-state index in [-0.39, 0.29) is 0 Å². The zero-order valence-corrected chi connectivity index (χ0v) is 13.0. The second kappa shape index (κ2) is 5.49. The van der Waals surface area contributed by atoms with Crippen LogP contribution in [0.5, 0.6) is 11.5 Å². The highest BCUT2D eigenvalue weighted by Gasteiger charge is 2.17. The number of hydrogen-bond donors (Lipinski definition) is 0. The van der Waals surface area contributed by atoms with Gasteiger partial charge in [-0.1, -0.05) is 6.07 Å². The number of fused-ring (bicyclic) bond motifs is 1. The maximum Gasteiger partial charge on any atom is 0.166 e. The fourth-order valence-electron chi connectivity index (χ4n) is 2.43. The Labute approximate surface area is 120 Å². The first-order valence-corrected chi connectivity index (χ1v) is 6.53. The van der Waals surface area contributed by atoms with Gasteiger partial charge in [-0.2, -0.15) is 0 Å². The van der Waals surface area contributed by atoms with E-state index in [2.05, 4.69) is 21.9 Å². The van der Waals surface area contributed by atoms with Crippen LogP contribution in [0, 0.1) is 0 Å². The minimum absolute atomic E-state index is 0.847. The predicted octanol–water partition coefficient (Wildman–Crippen LogP) is 2.99. The van der Waals surface area contributed by atoms with Crippen molar-refractivity contribution < 1.29 is 9.47 Å². The van der Waals surface area contributed by atoms with Gasteiger partial charge in [0.1, 0.15) is 5.75 Å². The van der Waals surface area contributed by atoms with Crippen LogP contribution in [-0.2, 0) is 0 Å². The van der Waals surface area contributed by atoms with E-state index < -0.39 is 0 Å². The molecule has 108 valence electrons. The molecule has 20 heavy (non-hydrogen) atoms. The normalized spacial score (nSPS) is 10.5. The lowest BCUT2D eigenvalue weighted by Crippen LogP contribution is -2.15. The van der Waals surface area contributed by atoms with Crippen LogP contribution in [0.1, 0.15) is 0 Å². The summed E-state index contributed by atoms with van der Waals surface area (Å²) in [5.74, 6) is 1.72. The highest BCUT2D eigenvalue weighted by atomic mass is 16.5. The van der Waals surface area contributed by atoms with E-state index in [4.69, 9.17) is 9.47 Å². The van der Waals surface area contributed by atoms with Gasteiger partial charge in [-0.15, -0.1) is 0 Å². The Morgan fingerprint density at radius 1 is 0.850 bits per heavy atom. The first-order valence-electron chi connectivity index (χ1n) is 6.53. The molecule has 4 heteroatoms. The summed E-state index contributed by atoms with van der Waals surface area (Å²) in [5, 5.41) is 2.29. The molecule has 2 rings (SSSR count). The SMILES string of the molecule is COc1ccc2cc(N(C)C)c(OC)c(N(C)C)c2c1. The summed E-state index contributed by atoms with van der Waals surface area (Å²) in [6.45, 7) is 0. The average Bonchev–Trinajstić information content (AvgIpc) is 2.43. The van der Waals surface area contributed by atoms with Gasteiger partial charge in [0, 0.05) is 33.6 Å². The van der Waals surface area contributed by atoms with E-state index >= 15 is 0 Å². The van der Waals surface area contributed by atoms with Gasteiger partial charge in [0.05, 0.1) is 25.6 Å². The van der Waals surface area contributed by atoms with E-state index in [1.54, 1.807) is 14.2 Å². The molecule has 0 atom stereocenters. The van der Waals surface area contributed by atoms with E-state index in [0.717, 1.165) is 28.3 Å². The van der Waals surface area contributed by atoms with Crippen LogP contribution in [0.25, 0.3) is 10.8 Å². The monoisotopic (exact) mass is 274 g/mol. The molecule has 0 aliphatic carbocycles. The quantitative estimate of drug-likeness (QED) is 0.855. The van der Waals surface area contributed by atoms with Crippen LogP contribution in [0.3, 0.4) is 0 Å². The second-order valence-electron chi connectivity index (χ2n) is 5.15. The van der Waals surface area contributed by atoms with Crippen molar-refractivity contribution in [3.05, 3.63) is 24.3 Å². The number of hydrogen-bond acceptors (Lipinski definition) is 4. The molecule has 0 unspecified atom stereocenters. The van der Waals surface area contributed by atoms with Gasteiger partial charge < -0.3 is 19.3 Å². The molecule has 0 saturated heterocycles. The number of rotatable bonds is 4. The molecule has 0 aromatic heterocycles. The molecule has 0 bridgehead atoms. The van der Waals surface area contributed by atoms with Gasteiger partial charge in [0.2, 0.25) is 0 Å². The zero-order valence-electron chi connectivity index (χ0n) is 13.0. The van der Waals surface area contributed by atoms with Gasteiger partial charge in [-0.05, 0) is 23.6 Å². The number of anilines is 2. The zero-order chi connectivity index (χ0) is 14.9. The minimum Gasteiger partial charge on any atom is -0.497 e. The van der Waals surface area contributed by atoms with Gasteiger partial charge >= 0.3 is 0 Å². The fraction of sp³-hybridized carbons (Fsp3) is 0.375. The third kappa shape index (κ3) is 2.33. The predicted molar refractivity (Wildman–Crippen MR) is 85.7 cm³/mol. The Morgan fingerprint density at radius 2 is 1.55 bits per heavy atom. The highest BCUT2D eigenvalue weighted by molar-refractivity contribution is 6.02. The van der Waals surface area contributed by atoms with Crippen molar-refractivity contribution in [2.75, 3.05) is 52.2 Å². The lowest BCUT2D eigenvalue weighted by atomic mass is 10.0. The van der Waals surface area contributed by atoms with E-state index in [9.17, 15) is 0 Å². The van der Waals surface area contributed by atoms with Crippen LogP contribution in [0.2, 0.25) is 0 Å². The van der Waals surface area contributed by atoms with E-state index in [1.165, 1.54) is 5.39 Å². The molecule has 2 aromatic rings. The van der Waals surface area contributed by atoms with E-state index in [0.29, 0.717) is 0 Å². The summed E-state index contributed by atoms with van der Waals surface area (Å²) < 4.78 is 11.0. The molecule has 0 aliphatic rings. The Balaban J connectivity index is 2.87.